The predicted molar refractivity (Wildman–Crippen MR) is 92.5 cm³/mol. The molecule has 1 atom stereocenters. The minimum absolute atomic E-state index is 0.133. The maximum absolute atomic E-state index is 12.1. The minimum atomic E-state index is -0.369. The van der Waals surface area contributed by atoms with E-state index in [4.69, 9.17) is 17.5 Å². The van der Waals surface area contributed by atoms with Crippen LogP contribution in [0.2, 0.25) is 0 Å². The normalized spacial score (nSPS) is 14.8. The molecule has 2 aromatic rings. The Bertz CT molecular complexity index is 843. The van der Waals surface area contributed by atoms with Crippen LogP contribution in [0.25, 0.3) is 11.4 Å². The summed E-state index contributed by atoms with van der Waals surface area (Å²) in [5.74, 6) is 0.903. The van der Waals surface area contributed by atoms with Gasteiger partial charge in [-0.15, -0.1) is 0 Å². The van der Waals surface area contributed by atoms with Gasteiger partial charge in [-0.1, -0.05) is 23.8 Å². The summed E-state index contributed by atoms with van der Waals surface area (Å²) in [5, 5.41) is 19.0. The smallest absolute Gasteiger partial charge is 0.222 e. The lowest BCUT2D eigenvalue weighted by Crippen LogP contribution is -2.35. The van der Waals surface area contributed by atoms with E-state index >= 15 is 0 Å². The summed E-state index contributed by atoms with van der Waals surface area (Å²) in [7, 11) is 0. The SMILES string of the molecule is Cc1cccc(-c2n[nH]c(=S)n2CCC(=O)N[C@H](C#N)C2CC2)c1. The molecule has 24 heavy (non-hydrogen) atoms. The molecule has 0 bridgehead atoms. The first-order valence-electron chi connectivity index (χ1n) is 7.99. The summed E-state index contributed by atoms with van der Waals surface area (Å²) >= 11 is 5.28. The lowest BCUT2D eigenvalue weighted by Gasteiger charge is -2.11. The fraction of sp³-hybridized carbons (Fsp3) is 0.412. The average Bonchev–Trinajstić information content (AvgIpc) is 3.34. The van der Waals surface area contributed by atoms with Gasteiger partial charge in [0.25, 0.3) is 0 Å². The number of carbonyl (C=O) groups is 1. The van der Waals surface area contributed by atoms with Gasteiger partial charge in [-0.2, -0.15) is 10.4 Å². The summed E-state index contributed by atoms with van der Waals surface area (Å²) in [4.78, 5) is 12.1. The molecule has 0 radical (unpaired) electrons. The standard InChI is InChI=1S/C17H19N5OS/c1-11-3-2-4-13(9-11)16-20-21-17(24)22(16)8-7-15(23)19-14(10-18)12-5-6-12/h2-4,9,12,14H,5-8H2,1H3,(H,19,23)(H,21,24)/t14-/m1/s1. The lowest BCUT2D eigenvalue weighted by molar-refractivity contribution is -0.121. The number of rotatable bonds is 6. The lowest BCUT2D eigenvalue weighted by atomic mass is 10.1. The number of hydrogen-bond acceptors (Lipinski definition) is 4. The summed E-state index contributed by atoms with van der Waals surface area (Å²) in [6.45, 7) is 2.44. The van der Waals surface area contributed by atoms with Crippen LogP contribution in [0.3, 0.4) is 0 Å². The van der Waals surface area contributed by atoms with Crippen LogP contribution in [0, 0.1) is 28.9 Å². The van der Waals surface area contributed by atoms with E-state index in [0.29, 0.717) is 17.2 Å². The van der Waals surface area contributed by atoms with Crippen molar-refractivity contribution in [1.82, 2.24) is 20.1 Å². The number of aromatic amines is 1. The average molecular weight is 341 g/mol. The van der Waals surface area contributed by atoms with Crippen molar-refractivity contribution in [3.05, 3.63) is 34.6 Å². The number of carbonyl (C=O) groups excluding carboxylic acids is 1. The molecule has 7 heteroatoms. The van der Waals surface area contributed by atoms with Crippen molar-refractivity contribution >= 4 is 18.1 Å². The van der Waals surface area contributed by atoms with Gasteiger partial charge >= 0.3 is 0 Å². The largest absolute Gasteiger partial charge is 0.340 e. The van der Waals surface area contributed by atoms with E-state index in [1.165, 1.54) is 0 Å². The predicted octanol–water partition coefficient (Wildman–Crippen LogP) is 2.72. The van der Waals surface area contributed by atoms with Crippen molar-refractivity contribution in [2.75, 3.05) is 0 Å². The fourth-order valence-electron chi connectivity index (χ4n) is 2.67. The van der Waals surface area contributed by atoms with Gasteiger partial charge in [-0.3, -0.25) is 14.5 Å². The molecule has 1 saturated carbocycles. The van der Waals surface area contributed by atoms with E-state index in [1.54, 1.807) is 0 Å². The molecule has 1 aromatic carbocycles. The van der Waals surface area contributed by atoms with Gasteiger partial charge in [-0.05, 0) is 44.0 Å². The highest BCUT2D eigenvalue weighted by Crippen LogP contribution is 2.32. The first-order chi connectivity index (χ1) is 11.6. The fourth-order valence-corrected chi connectivity index (χ4v) is 2.90. The zero-order chi connectivity index (χ0) is 17.1. The Kier molecular flexibility index (Phi) is 4.76. The Labute approximate surface area is 145 Å². The van der Waals surface area contributed by atoms with E-state index in [2.05, 4.69) is 21.6 Å². The number of nitriles is 1. The number of nitrogens with zero attached hydrogens (tertiary/aromatic N) is 3. The molecule has 0 spiro atoms. The molecule has 3 rings (SSSR count). The Hall–Kier alpha value is -2.46. The zero-order valence-corrected chi connectivity index (χ0v) is 14.3. The second-order valence-electron chi connectivity index (χ2n) is 6.14. The van der Waals surface area contributed by atoms with Gasteiger partial charge in [0.1, 0.15) is 6.04 Å². The highest BCUT2D eigenvalue weighted by atomic mass is 32.1. The van der Waals surface area contributed by atoms with Gasteiger partial charge in [-0.25, -0.2) is 0 Å². The van der Waals surface area contributed by atoms with Crippen molar-refractivity contribution in [3.63, 3.8) is 0 Å². The van der Waals surface area contributed by atoms with E-state index in [0.717, 1.165) is 29.8 Å². The van der Waals surface area contributed by atoms with Gasteiger partial charge in [0.15, 0.2) is 10.6 Å². The van der Waals surface area contributed by atoms with Crippen LogP contribution in [0.5, 0.6) is 0 Å². The van der Waals surface area contributed by atoms with Gasteiger partial charge in [0.2, 0.25) is 5.91 Å². The molecule has 1 heterocycles. The van der Waals surface area contributed by atoms with Crippen LogP contribution in [0.4, 0.5) is 0 Å². The highest BCUT2D eigenvalue weighted by molar-refractivity contribution is 7.71. The van der Waals surface area contributed by atoms with Crippen molar-refractivity contribution in [2.24, 2.45) is 5.92 Å². The van der Waals surface area contributed by atoms with Crippen LogP contribution in [-0.2, 0) is 11.3 Å². The van der Waals surface area contributed by atoms with E-state index in [-0.39, 0.29) is 18.4 Å². The Morgan fingerprint density at radius 1 is 1.58 bits per heavy atom. The first kappa shape index (κ1) is 16.4. The molecule has 0 unspecified atom stereocenters. The molecule has 6 nitrogen and oxygen atoms in total. The molecule has 2 N–H and O–H groups in total. The van der Waals surface area contributed by atoms with Crippen LogP contribution in [-0.4, -0.2) is 26.7 Å². The number of nitrogens with one attached hydrogen (secondary N) is 2. The topological polar surface area (TPSA) is 86.5 Å². The molecule has 1 fully saturated rings. The molecule has 1 aliphatic rings. The molecule has 0 aliphatic heterocycles. The van der Waals surface area contributed by atoms with Gasteiger partial charge in [0, 0.05) is 18.5 Å². The number of benzene rings is 1. The molecule has 124 valence electrons. The first-order valence-corrected chi connectivity index (χ1v) is 8.40. The third-order valence-corrected chi connectivity index (χ3v) is 4.46. The second kappa shape index (κ2) is 6.97. The molecule has 1 aromatic heterocycles. The van der Waals surface area contributed by atoms with Crippen LogP contribution < -0.4 is 5.32 Å². The monoisotopic (exact) mass is 341 g/mol. The van der Waals surface area contributed by atoms with Crippen molar-refractivity contribution in [3.8, 4) is 17.5 Å². The summed E-state index contributed by atoms with van der Waals surface area (Å²) in [6, 6.07) is 9.77. The Morgan fingerprint density at radius 2 is 2.38 bits per heavy atom. The maximum atomic E-state index is 12.1. The molecular formula is C17H19N5OS. The van der Waals surface area contributed by atoms with E-state index in [1.807, 2.05) is 35.8 Å². The third-order valence-electron chi connectivity index (χ3n) is 4.15. The molecular weight excluding hydrogens is 322 g/mol. The minimum Gasteiger partial charge on any atom is -0.340 e. The highest BCUT2D eigenvalue weighted by Gasteiger charge is 2.32. The number of amides is 1. The van der Waals surface area contributed by atoms with Crippen LogP contribution >= 0.6 is 12.2 Å². The van der Waals surface area contributed by atoms with Crippen molar-refractivity contribution in [1.29, 1.82) is 5.26 Å². The van der Waals surface area contributed by atoms with Gasteiger partial charge < -0.3 is 5.32 Å². The maximum Gasteiger partial charge on any atom is 0.222 e. The van der Waals surface area contributed by atoms with Crippen LogP contribution in [0.15, 0.2) is 24.3 Å². The quantitative estimate of drug-likeness (QED) is 0.791. The number of hydrogen-bond donors (Lipinski definition) is 2. The van der Waals surface area contributed by atoms with Crippen LogP contribution in [0.1, 0.15) is 24.8 Å². The number of aromatic nitrogens is 3. The summed E-state index contributed by atoms with van der Waals surface area (Å²) < 4.78 is 2.31. The van der Waals surface area contributed by atoms with Gasteiger partial charge in [0.05, 0.1) is 6.07 Å². The summed E-state index contributed by atoms with van der Waals surface area (Å²) in [5.41, 5.74) is 2.09. The molecule has 0 saturated heterocycles. The number of H-pyrrole nitrogens is 1. The van der Waals surface area contributed by atoms with E-state index in [9.17, 15) is 4.79 Å². The second-order valence-corrected chi connectivity index (χ2v) is 6.52. The zero-order valence-electron chi connectivity index (χ0n) is 13.5. The Morgan fingerprint density at radius 3 is 3.04 bits per heavy atom. The molecule has 1 aliphatic carbocycles. The van der Waals surface area contributed by atoms with Crippen molar-refractivity contribution < 1.29 is 4.79 Å². The summed E-state index contributed by atoms with van der Waals surface area (Å²) in [6.07, 6.45) is 2.29. The molecule has 1 amide bonds. The Balaban J connectivity index is 1.69. The third kappa shape index (κ3) is 3.71. The number of aryl methyl sites for hydroxylation is 1. The van der Waals surface area contributed by atoms with Crippen molar-refractivity contribution in [2.45, 2.75) is 38.8 Å². The van der Waals surface area contributed by atoms with E-state index < -0.39 is 0 Å².